The number of rotatable bonds is 3. The van der Waals surface area contributed by atoms with Crippen LogP contribution in [0.2, 0.25) is 0 Å². The van der Waals surface area contributed by atoms with Crippen molar-refractivity contribution in [1.29, 1.82) is 0 Å². The van der Waals surface area contributed by atoms with Gasteiger partial charge in [0.1, 0.15) is 0 Å². The summed E-state index contributed by atoms with van der Waals surface area (Å²) in [4.78, 5) is 17.7. The van der Waals surface area contributed by atoms with Crippen LogP contribution in [0.4, 0.5) is 5.13 Å². The zero-order valence-electron chi connectivity index (χ0n) is 11.1. The lowest BCUT2D eigenvalue weighted by Gasteiger charge is -2.15. The van der Waals surface area contributed by atoms with Crippen molar-refractivity contribution in [3.05, 3.63) is 46.5 Å². The highest BCUT2D eigenvalue weighted by Gasteiger charge is 2.20. The molecule has 0 spiro atoms. The molecule has 5 heteroatoms. The van der Waals surface area contributed by atoms with E-state index in [-0.39, 0.29) is 11.9 Å². The summed E-state index contributed by atoms with van der Waals surface area (Å²) in [5.41, 5.74) is 8.06. The Hall–Kier alpha value is -1.72. The van der Waals surface area contributed by atoms with Crippen molar-refractivity contribution in [2.24, 2.45) is 5.73 Å². The van der Waals surface area contributed by atoms with Crippen LogP contribution in [0, 0.1) is 0 Å². The van der Waals surface area contributed by atoms with Crippen LogP contribution in [0.3, 0.4) is 0 Å². The predicted octanol–water partition coefficient (Wildman–Crippen LogP) is 2.14. The molecular formula is C15H17N3OS. The van der Waals surface area contributed by atoms with Gasteiger partial charge in [0, 0.05) is 10.9 Å². The number of anilines is 1. The summed E-state index contributed by atoms with van der Waals surface area (Å²) in [6.07, 6.45) is 3.15. The van der Waals surface area contributed by atoms with Crippen molar-refractivity contribution in [1.82, 2.24) is 4.98 Å². The molecule has 1 atom stereocenters. The average Bonchev–Trinajstić information content (AvgIpc) is 2.80. The number of benzene rings is 1. The maximum absolute atomic E-state index is 12.0. The Morgan fingerprint density at radius 3 is 3.00 bits per heavy atom. The number of thiazole rings is 1. The Labute approximate surface area is 122 Å². The lowest BCUT2D eigenvalue weighted by molar-refractivity contribution is -0.115. The van der Waals surface area contributed by atoms with Gasteiger partial charge in [-0.25, -0.2) is 4.98 Å². The van der Waals surface area contributed by atoms with E-state index in [9.17, 15) is 4.79 Å². The molecule has 1 heterocycles. The van der Waals surface area contributed by atoms with Crippen molar-refractivity contribution in [3.63, 3.8) is 0 Å². The van der Waals surface area contributed by atoms with E-state index in [1.165, 1.54) is 4.88 Å². The summed E-state index contributed by atoms with van der Waals surface area (Å²) in [5, 5.41) is 3.59. The standard InChI is InChI=1S/C15H17N3OS/c16-11-6-7-12-13(9-11)20-15(17-12)18-14(19)8-10-4-2-1-3-5-10/h1-5,11H,6-9,16H2,(H,17,18,19)/t11-/m0/s1. The van der Waals surface area contributed by atoms with Crippen molar-refractivity contribution in [2.75, 3.05) is 5.32 Å². The molecular weight excluding hydrogens is 270 g/mol. The van der Waals surface area contributed by atoms with Gasteiger partial charge in [-0.1, -0.05) is 30.3 Å². The van der Waals surface area contributed by atoms with Crippen LogP contribution in [0.25, 0.3) is 0 Å². The van der Waals surface area contributed by atoms with E-state index in [2.05, 4.69) is 10.3 Å². The highest BCUT2D eigenvalue weighted by Crippen LogP contribution is 2.29. The van der Waals surface area contributed by atoms with Gasteiger partial charge < -0.3 is 11.1 Å². The van der Waals surface area contributed by atoms with Crippen LogP contribution in [0.5, 0.6) is 0 Å². The van der Waals surface area contributed by atoms with Crippen molar-refractivity contribution in [3.8, 4) is 0 Å². The van der Waals surface area contributed by atoms with Gasteiger partial charge in [-0.15, -0.1) is 11.3 Å². The molecule has 0 saturated heterocycles. The van der Waals surface area contributed by atoms with E-state index in [0.29, 0.717) is 11.6 Å². The second kappa shape index (κ2) is 5.73. The third-order valence-corrected chi connectivity index (χ3v) is 4.47. The Morgan fingerprint density at radius 1 is 1.40 bits per heavy atom. The molecule has 20 heavy (non-hydrogen) atoms. The summed E-state index contributed by atoms with van der Waals surface area (Å²) >= 11 is 1.55. The molecule has 1 aromatic heterocycles. The van der Waals surface area contributed by atoms with E-state index >= 15 is 0 Å². The molecule has 0 saturated carbocycles. The number of nitrogens with zero attached hydrogens (tertiary/aromatic N) is 1. The topological polar surface area (TPSA) is 68.0 Å². The Morgan fingerprint density at radius 2 is 2.20 bits per heavy atom. The van der Waals surface area contributed by atoms with E-state index in [1.807, 2.05) is 30.3 Å². The summed E-state index contributed by atoms with van der Waals surface area (Å²) in [6, 6.07) is 9.95. The molecule has 0 aliphatic heterocycles. The fourth-order valence-electron chi connectivity index (χ4n) is 2.40. The lowest BCUT2D eigenvalue weighted by atomic mass is 9.99. The van der Waals surface area contributed by atoms with Crippen LogP contribution < -0.4 is 11.1 Å². The van der Waals surface area contributed by atoms with Crippen LogP contribution in [-0.4, -0.2) is 16.9 Å². The number of amides is 1. The SMILES string of the molecule is N[C@H]1CCc2nc(NC(=O)Cc3ccccc3)sc2C1. The first-order valence-electron chi connectivity index (χ1n) is 6.78. The Bertz CT molecular complexity index is 609. The normalized spacial score (nSPS) is 17.6. The summed E-state index contributed by atoms with van der Waals surface area (Å²) in [5.74, 6) is -0.0217. The monoisotopic (exact) mass is 287 g/mol. The molecule has 4 nitrogen and oxygen atoms in total. The van der Waals surface area contributed by atoms with Gasteiger partial charge >= 0.3 is 0 Å². The summed E-state index contributed by atoms with van der Waals surface area (Å²) in [7, 11) is 0. The minimum Gasteiger partial charge on any atom is -0.327 e. The first-order chi connectivity index (χ1) is 9.70. The molecule has 1 amide bonds. The maximum atomic E-state index is 12.0. The van der Waals surface area contributed by atoms with E-state index in [4.69, 9.17) is 5.73 Å². The molecule has 2 aromatic rings. The predicted molar refractivity (Wildman–Crippen MR) is 80.9 cm³/mol. The van der Waals surface area contributed by atoms with Crippen molar-refractivity contribution in [2.45, 2.75) is 31.7 Å². The highest BCUT2D eigenvalue weighted by atomic mass is 32.1. The smallest absolute Gasteiger partial charge is 0.230 e. The third kappa shape index (κ3) is 3.05. The zero-order valence-corrected chi connectivity index (χ0v) is 12.0. The zero-order chi connectivity index (χ0) is 13.9. The molecule has 3 N–H and O–H groups in total. The minimum absolute atomic E-state index is 0.0217. The van der Waals surface area contributed by atoms with Crippen molar-refractivity contribution >= 4 is 22.4 Å². The largest absolute Gasteiger partial charge is 0.327 e. The van der Waals surface area contributed by atoms with Crippen LogP contribution in [0.1, 0.15) is 22.6 Å². The quantitative estimate of drug-likeness (QED) is 0.909. The number of fused-ring (bicyclic) bond motifs is 1. The number of hydrogen-bond donors (Lipinski definition) is 2. The molecule has 0 unspecified atom stereocenters. The number of aryl methyl sites for hydroxylation is 1. The molecule has 0 radical (unpaired) electrons. The number of aromatic nitrogens is 1. The van der Waals surface area contributed by atoms with Gasteiger partial charge in [0.05, 0.1) is 12.1 Å². The first-order valence-corrected chi connectivity index (χ1v) is 7.60. The third-order valence-electron chi connectivity index (χ3n) is 3.43. The number of hydrogen-bond acceptors (Lipinski definition) is 4. The van der Waals surface area contributed by atoms with E-state index < -0.39 is 0 Å². The van der Waals surface area contributed by atoms with Gasteiger partial charge in [0.2, 0.25) is 5.91 Å². The Kier molecular flexibility index (Phi) is 3.80. The van der Waals surface area contributed by atoms with Gasteiger partial charge in [-0.3, -0.25) is 4.79 Å². The summed E-state index contributed by atoms with van der Waals surface area (Å²) < 4.78 is 0. The molecule has 3 rings (SSSR count). The van der Waals surface area contributed by atoms with Crippen LogP contribution in [0.15, 0.2) is 30.3 Å². The van der Waals surface area contributed by atoms with Crippen LogP contribution in [-0.2, 0) is 24.1 Å². The van der Waals surface area contributed by atoms with E-state index in [0.717, 1.165) is 30.5 Å². The first kappa shape index (κ1) is 13.3. The van der Waals surface area contributed by atoms with Gasteiger partial charge in [-0.2, -0.15) is 0 Å². The summed E-state index contributed by atoms with van der Waals surface area (Å²) in [6.45, 7) is 0. The second-order valence-electron chi connectivity index (χ2n) is 5.10. The number of carbonyl (C=O) groups excluding carboxylic acids is 1. The second-order valence-corrected chi connectivity index (χ2v) is 6.19. The number of nitrogens with two attached hydrogens (primary N) is 1. The van der Waals surface area contributed by atoms with Crippen molar-refractivity contribution < 1.29 is 4.79 Å². The molecule has 104 valence electrons. The number of carbonyl (C=O) groups is 1. The fraction of sp³-hybridized carbons (Fsp3) is 0.333. The number of nitrogens with one attached hydrogen (secondary N) is 1. The minimum atomic E-state index is -0.0217. The van der Waals surface area contributed by atoms with E-state index in [1.54, 1.807) is 11.3 Å². The lowest BCUT2D eigenvalue weighted by Crippen LogP contribution is -2.27. The fourth-order valence-corrected chi connectivity index (χ4v) is 3.52. The van der Waals surface area contributed by atoms with Crippen LogP contribution >= 0.6 is 11.3 Å². The molecule has 1 aliphatic rings. The maximum Gasteiger partial charge on any atom is 0.230 e. The highest BCUT2D eigenvalue weighted by molar-refractivity contribution is 7.15. The molecule has 1 aromatic carbocycles. The molecule has 0 bridgehead atoms. The van der Waals surface area contributed by atoms with Gasteiger partial charge in [-0.05, 0) is 24.8 Å². The van der Waals surface area contributed by atoms with Gasteiger partial charge in [0.25, 0.3) is 0 Å². The van der Waals surface area contributed by atoms with Gasteiger partial charge in [0.15, 0.2) is 5.13 Å². The molecule has 0 fully saturated rings. The molecule has 1 aliphatic carbocycles. The average molecular weight is 287 g/mol. The Balaban J connectivity index is 1.65.